The van der Waals surface area contributed by atoms with Gasteiger partial charge in [-0.1, -0.05) is 0 Å². The van der Waals surface area contributed by atoms with E-state index in [-0.39, 0.29) is 5.56 Å². The predicted octanol–water partition coefficient (Wildman–Crippen LogP) is 0.984. The number of rotatable bonds is 2. The van der Waals surface area contributed by atoms with Gasteiger partial charge < -0.3 is 0 Å². The Morgan fingerprint density at radius 2 is 2.00 bits per heavy atom. The van der Waals surface area contributed by atoms with Gasteiger partial charge in [-0.3, -0.25) is 19.0 Å². The summed E-state index contributed by atoms with van der Waals surface area (Å²) in [6.07, 6.45) is 0. The summed E-state index contributed by atoms with van der Waals surface area (Å²) in [4.78, 5) is 27.7. The van der Waals surface area contributed by atoms with Crippen molar-refractivity contribution in [1.82, 2.24) is 10.0 Å². The Morgan fingerprint density at radius 3 is 2.53 bits per heavy atom. The van der Waals surface area contributed by atoms with Gasteiger partial charge in [0, 0.05) is 13.1 Å². The van der Waals surface area contributed by atoms with Crippen LogP contribution in [-0.4, -0.2) is 16.1 Å². The van der Waals surface area contributed by atoms with Crippen molar-refractivity contribution >= 4 is 5.91 Å². The Morgan fingerprint density at radius 1 is 1.41 bits per heavy atom. The summed E-state index contributed by atoms with van der Waals surface area (Å²) >= 11 is 0. The van der Waals surface area contributed by atoms with Crippen molar-refractivity contribution < 1.29 is 14.0 Å². The molecule has 0 saturated heterocycles. The quantitative estimate of drug-likeness (QED) is 0.621. The van der Waals surface area contributed by atoms with E-state index in [1.807, 2.05) is 0 Å². The maximum absolute atomic E-state index is 13.6. The van der Waals surface area contributed by atoms with Crippen LogP contribution in [-0.2, 0) is 11.9 Å². The van der Waals surface area contributed by atoms with Crippen LogP contribution in [0.25, 0.3) is 0 Å². The van der Waals surface area contributed by atoms with Gasteiger partial charge in [-0.25, -0.2) is 5.48 Å². The van der Waals surface area contributed by atoms with Crippen LogP contribution in [0.1, 0.15) is 31.1 Å². The molecule has 6 heteroatoms. The number of nitrogens with zero attached hydrogens (tertiary/aromatic N) is 1. The molecular weight excluding hydrogens is 227 g/mol. The molecule has 94 valence electrons. The number of pyridine rings is 1. The summed E-state index contributed by atoms with van der Waals surface area (Å²) in [5, 5.41) is 0. The lowest BCUT2D eigenvalue weighted by molar-refractivity contribution is -0.0591. The Labute approximate surface area is 98.2 Å². The molecule has 1 heterocycles. The van der Waals surface area contributed by atoms with Gasteiger partial charge in [-0.05, 0) is 26.8 Å². The number of carbonyl (C=O) groups is 1. The normalized spacial score (nSPS) is 11.4. The van der Waals surface area contributed by atoms with E-state index in [0.29, 0.717) is 0 Å². The van der Waals surface area contributed by atoms with E-state index in [4.69, 9.17) is 4.84 Å². The molecular formula is C11H15FN2O3. The first-order valence-corrected chi connectivity index (χ1v) is 5.06. The zero-order chi connectivity index (χ0) is 13.2. The number of aromatic nitrogens is 1. The standard InChI is InChI=1S/C11H15FN2O3/c1-11(2,3)17-13-10(16)7-5-6-8(15)14(4)9(7)12/h5-6H,1-4H3,(H,13,16). The fraction of sp³-hybridized carbons (Fsp3) is 0.455. The fourth-order valence-corrected chi connectivity index (χ4v) is 1.04. The minimum absolute atomic E-state index is 0.239. The second-order valence-electron chi connectivity index (χ2n) is 4.58. The first kappa shape index (κ1) is 13.4. The van der Waals surface area contributed by atoms with Gasteiger partial charge in [-0.15, -0.1) is 0 Å². The maximum atomic E-state index is 13.6. The average Bonchev–Trinajstić information content (AvgIpc) is 2.22. The summed E-state index contributed by atoms with van der Waals surface area (Å²) in [6.45, 7) is 5.22. The minimum atomic E-state index is -0.896. The molecule has 0 spiro atoms. The number of amides is 1. The summed E-state index contributed by atoms with van der Waals surface area (Å²) in [5.41, 5.74) is 0.798. The van der Waals surface area contributed by atoms with Crippen LogP contribution in [0, 0.1) is 5.95 Å². The molecule has 1 N–H and O–H groups in total. The van der Waals surface area contributed by atoms with E-state index in [2.05, 4.69) is 5.48 Å². The second-order valence-corrected chi connectivity index (χ2v) is 4.58. The number of hydrogen-bond acceptors (Lipinski definition) is 3. The van der Waals surface area contributed by atoms with Crippen molar-refractivity contribution in [2.75, 3.05) is 0 Å². The molecule has 5 nitrogen and oxygen atoms in total. The van der Waals surface area contributed by atoms with Crippen molar-refractivity contribution in [1.29, 1.82) is 0 Å². The van der Waals surface area contributed by atoms with Gasteiger partial charge in [0.15, 0.2) is 0 Å². The van der Waals surface area contributed by atoms with E-state index in [1.165, 1.54) is 7.05 Å². The fourth-order valence-electron chi connectivity index (χ4n) is 1.04. The van der Waals surface area contributed by atoms with Gasteiger partial charge >= 0.3 is 0 Å². The molecule has 17 heavy (non-hydrogen) atoms. The molecule has 1 aromatic heterocycles. The van der Waals surface area contributed by atoms with Crippen molar-refractivity contribution in [2.45, 2.75) is 26.4 Å². The van der Waals surface area contributed by atoms with Crippen LogP contribution in [0.3, 0.4) is 0 Å². The number of hydrogen-bond donors (Lipinski definition) is 1. The lowest BCUT2D eigenvalue weighted by Crippen LogP contribution is -2.35. The SMILES string of the molecule is Cn1c(F)c(C(=O)NOC(C)(C)C)ccc1=O. The third-order valence-corrected chi connectivity index (χ3v) is 1.93. The maximum Gasteiger partial charge on any atom is 0.279 e. The van der Waals surface area contributed by atoms with E-state index >= 15 is 0 Å². The Balaban J connectivity index is 2.91. The minimum Gasteiger partial charge on any atom is -0.287 e. The highest BCUT2D eigenvalue weighted by Gasteiger charge is 2.18. The highest BCUT2D eigenvalue weighted by Crippen LogP contribution is 2.07. The predicted molar refractivity (Wildman–Crippen MR) is 59.9 cm³/mol. The van der Waals surface area contributed by atoms with E-state index in [9.17, 15) is 14.0 Å². The molecule has 0 aliphatic rings. The highest BCUT2D eigenvalue weighted by atomic mass is 19.1. The smallest absolute Gasteiger partial charge is 0.279 e. The topological polar surface area (TPSA) is 60.3 Å². The summed E-state index contributed by atoms with van der Waals surface area (Å²) in [7, 11) is 1.25. The highest BCUT2D eigenvalue weighted by molar-refractivity contribution is 5.93. The Hall–Kier alpha value is -1.69. The zero-order valence-electron chi connectivity index (χ0n) is 10.2. The molecule has 0 aliphatic carbocycles. The van der Waals surface area contributed by atoms with Crippen molar-refractivity contribution in [3.05, 3.63) is 34.0 Å². The lowest BCUT2D eigenvalue weighted by Gasteiger charge is -2.19. The van der Waals surface area contributed by atoms with Gasteiger partial charge in [0.05, 0.1) is 11.2 Å². The Bertz CT molecular complexity index is 488. The van der Waals surface area contributed by atoms with Crippen LogP contribution in [0.2, 0.25) is 0 Å². The zero-order valence-corrected chi connectivity index (χ0v) is 10.2. The van der Waals surface area contributed by atoms with Crippen LogP contribution >= 0.6 is 0 Å². The number of hydroxylamine groups is 1. The molecule has 0 bridgehead atoms. The molecule has 0 fully saturated rings. The molecule has 0 aromatic carbocycles. The molecule has 0 aliphatic heterocycles. The monoisotopic (exact) mass is 242 g/mol. The van der Waals surface area contributed by atoms with E-state index in [0.717, 1.165) is 16.7 Å². The van der Waals surface area contributed by atoms with Crippen molar-refractivity contribution in [3.63, 3.8) is 0 Å². The summed E-state index contributed by atoms with van der Waals surface area (Å²) < 4.78 is 14.3. The molecule has 0 unspecified atom stereocenters. The van der Waals surface area contributed by atoms with Crippen LogP contribution < -0.4 is 11.0 Å². The van der Waals surface area contributed by atoms with Gasteiger partial charge in [0.2, 0.25) is 5.95 Å². The van der Waals surface area contributed by atoms with Crippen LogP contribution in [0.4, 0.5) is 4.39 Å². The van der Waals surface area contributed by atoms with Crippen LogP contribution in [0.5, 0.6) is 0 Å². The molecule has 0 radical (unpaired) electrons. The van der Waals surface area contributed by atoms with E-state index < -0.39 is 23.0 Å². The number of halogens is 1. The Kier molecular flexibility index (Phi) is 3.67. The van der Waals surface area contributed by atoms with E-state index in [1.54, 1.807) is 20.8 Å². The molecule has 0 atom stereocenters. The largest absolute Gasteiger partial charge is 0.287 e. The van der Waals surface area contributed by atoms with Crippen molar-refractivity contribution in [2.24, 2.45) is 7.05 Å². The third kappa shape index (κ3) is 3.39. The second kappa shape index (κ2) is 4.67. The average molecular weight is 242 g/mol. The molecule has 1 amide bonds. The van der Waals surface area contributed by atoms with Crippen LogP contribution in [0.15, 0.2) is 16.9 Å². The van der Waals surface area contributed by atoms with Gasteiger partial charge in [0.25, 0.3) is 11.5 Å². The molecule has 1 rings (SSSR count). The number of nitrogens with one attached hydrogen (secondary N) is 1. The number of carbonyl (C=O) groups excluding carboxylic acids is 1. The molecule has 0 saturated carbocycles. The summed E-state index contributed by atoms with van der Waals surface area (Å²) in [6, 6.07) is 2.24. The van der Waals surface area contributed by atoms with Gasteiger partial charge in [-0.2, -0.15) is 4.39 Å². The first-order chi connectivity index (χ1) is 7.72. The van der Waals surface area contributed by atoms with Gasteiger partial charge in [0.1, 0.15) is 0 Å². The molecule has 1 aromatic rings. The lowest BCUT2D eigenvalue weighted by atomic mass is 10.2. The third-order valence-electron chi connectivity index (χ3n) is 1.93. The first-order valence-electron chi connectivity index (χ1n) is 5.06. The summed E-state index contributed by atoms with van der Waals surface area (Å²) in [5.74, 6) is -1.62. The van der Waals surface area contributed by atoms with Crippen molar-refractivity contribution in [3.8, 4) is 0 Å².